The highest BCUT2D eigenvalue weighted by molar-refractivity contribution is 6.46. The first kappa shape index (κ1) is 20.5. The number of anilines is 1. The van der Waals surface area contributed by atoms with Gasteiger partial charge in [0.15, 0.2) is 0 Å². The molecule has 0 spiro atoms. The molecule has 0 radical (unpaired) electrons. The van der Waals surface area contributed by atoms with Crippen LogP contribution in [0.2, 0.25) is 10.0 Å². The number of nitrogens with zero attached hydrogens (tertiary/aromatic N) is 1. The Labute approximate surface area is 151 Å². The van der Waals surface area contributed by atoms with Crippen LogP contribution in [0.25, 0.3) is 0 Å². The van der Waals surface area contributed by atoms with Gasteiger partial charge in [0.25, 0.3) is 11.6 Å². The molecule has 134 valence electrons. The lowest BCUT2D eigenvalue weighted by Crippen LogP contribution is -2.25. The number of methoxy groups -OCH3 is 1. The van der Waals surface area contributed by atoms with Gasteiger partial charge in [-0.1, -0.05) is 23.2 Å². The summed E-state index contributed by atoms with van der Waals surface area (Å²) in [6.45, 7) is 0. The van der Waals surface area contributed by atoms with Crippen molar-refractivity contribution in [1.29, 1.82) is 0 Å². The van der Waals surface area contributed by atoms with Crippen molar-refractivity contribution in [1.82, 2.24) is 0 Å². The molecule has 9 nitrogen and oxygen atoms in total. The van der Waals surface area contributed by atoms with Crippen LogP contribution in [-0.2, 0) is 23.9 Å². The Balaban J connectivity index is 2.73. The van der Waals surface area contributed by atoms with E-state index in [9.17, 15) is 29.3 Å². The molecule has 0 unspecified atom stereocenters. The first-order chi connectivity index (χ1) is 11.6. The van der Waals surface area contributed by atoms with E-state index in [-0.39, 0.29) is 28.6 Å². The van der Waals surface area contributed by atoms with E-state index in [0.717, 1.165) is 19.2 Å². The molecule has 11 heteroatoms. The minimum Gasteiger partial charge on any atom is -0.469 e. The Kier molecular flexibility index (Phi) is 7.46. The van der Waals surface area contributed by atoms with Crippen molar-refractivity contribution in [3.8, 4) is 0 Å². The van der Waals surface area contributed by atoms with E-state index < -0.39 is 40.5 Å². The minimum atomic E-state index is -1.16. The Morgan fingerprint density at radius 2 is 1.72 bits per heavy atom. The van der Waals surface area contributed by atoms with Crippen LogP contribution >= 0.6 is 23.2 Å². The van der Waals surface area contributed by atoms with Crippen LogP contribution in [0.4, 0.5) is 11.4 Å². The van der Waals surface area contributed by atoms with Crippen LogP contribution in [-0.4, -0.2) is 35.5 Å². The Bertz CT molecular complexity index is 726. The highest BCUT2D eigenvalue weighted by atomic mass is 35.5. The Morgan fingerprint density at radius 1 is 1.16 bits per heavy atom. The van der Waals surface area contributed by atoms with E-state index in [1.807, 2.05) is 0 Å². The lowest BCUT2D eigenvalue weighted by atomic mass is 10.1. The van der Waals surface area contributed by atoms with Crippen LogP contribution in [0, 0.1) is 10.1 Å². The summed E-state index contributed by atoms with van der Waals surface area (Å²) in [5.74, 6) is -3.47. The third-order valence-corrected chi connectivity index (χ3v) is 3.52. The maximum Gasteiger partial charge on any atom is 0.305 e. The van der Waals surface area contributed by atoms with E-state index in [1.54, 1.807) is 0 Å². The third kappa shape index (κ3) is 6.12. The number of hydrogen-bond acceptors (Lipinski definition) is 7. The lowest BCUT2D eigenvalue weighted by molar-refractivity contribution is -0.384. The molecule has 1 aromatic carbocycles. The summed E-state index contributed by atoms with van der Waals surface area (Å²) in [7, 11) is 1.16. The van der Waals surface area contributed by atoms with Gasteiger partial charge in [0.1, 0.15) is 5.78 Å². The quantitative estimate of drug-likeness (QED) is 0.236. The molecule has 0 bridgehead atoms. The fourth-order valence-electron chi connectivity index (χ4n) is 1.66. The Hall–Kier alpha value is -2.52. The van der Waals surface area contributed by atoms with Crippen molar-refractivity contribution < 1.29 is 28.8 Å². The number of Topliss-reactive ketones (excluding diaryl/α,β-unsaturated/α-hetero) is 2. The summed E-state index contributed by atoms with van der Waals surface area (Å²) in [6.07, 6.45) is -1.17. The van der Waals surface area contributed by atoms with Crippen molar-refractivity contribution in [2.45, 2.75) is 19.3 Å². The number of nitro groups is 1. The zero-order chi connectivity index (χ0) is 19.1. The number of non-ortho nitro benzene ring substituents is 1. The number of hydrogen-bond donors (Lipinski definition) is 1. The van der Waals surface area contributed by atoms with E-state index in [4.69, 9.17) is 23.2 Å². The zero-order valence-electron chi connectivity index (χ0n) is 12.8. The summed E-state index contributed by atoms with van der Waals surface area (Å²) in [5, 5.41) is 12.3. The fourth-order valence-corrected chi connectivity index (χ4v) is 2.23. The number of carbonyl (C=O) groups is 4. The van der Waals surface area contributed by atoms with Gasteiger partial charge >= 0.3 is 5.97 Å². The number of benzene rings is 1. The average Bonchev–Trinajstić information content (AvgIpc) is 2.55. The van der Waals surface area contributed by atoms with Crippen LogP contribution in [0.5, 0.6) is 0 Å². The van der Waals surface area contributed by atoms with Crippen LogP contribution in [0.1, 0.15) is 19.3 Å². The average molecular weight is 391 g/mol. The van der Waals surface area contributed by atoms with Gasteiger partial charge in [-0.3, -0.25) is 29.3 Å². The monoisotopic (exact) mass is 390 g/mol. The predicted octanol–water partition coefficient (Wildman–Crippen LogP) is 2.32. The van der Waals surface area contributed by atoms with E-state index in [1.165, 1.54) is 0 Å². The largest absolute Gasteiger partial charge is 0.469 e. The molecular weight excluding hydrogens is 379 g/mol. The number of amides is 1. The Morgan fingerprint density at radius 3 is 2.20 bits per heavy atom. The van der Waals surface area contributed by atoms with Gasteiger partial charge in [-0.15, -0.1) is 0 Å². The molecule has 25 heavy (non-hydrogen) atoms. The number of rotatable bonds is 8. The first-order valence-electron chi connectivity index (χ1n) is 6.71. The summed E-state index contributed by atoms with van der Waals surface area (Å²) in [6, 6.07) is 1.91. The van der Waals surface area contributed by atoms with Gasteiger partial charge in [0.05, 0.1) is 40.6 Å². The van der Waals surface area contributed by atoms with E-state index in [0.29, 0.717) is 0 Å². The molecule has 0 aliphatic carbocycles. The molecule has 1 amide bonds. The molecule has 0 atom stereocenters. The van der Waals surface area contributed by atoms with E-state index >= 15 is 0 Å². The number of nitro benzene ring substituents is 1. The van der Waals surface area contributed by atoms with Crippen LogP contribution in [0.15, 0.2) is 12.1 Å². The van der Waals surface area contributed by atoms with Crippen molar-refractivity contribution in [2.75, 3.05) is 12.4 Å². The van der Waals surface area contributed by atoms with Crippen molar-refractivity contribution in [2.24, 2.45) is 0 Å². The van der Waals surface area contributed by atoms with Gasteiger partial charge in [-0.2, -0.15) is 0 Å². The van der Waals surface area contributed by atoms with Crippen molar-refractivity contribution in [3.63, 3.8) is 0 Å². The number of ketones is 2. The first-order valence-corrected chi connectivity index (χ1v) is 7.47. The van der Waals surface area contributed by atoms with Gasteiger partial charge in [-0.25, -0.2) is 0 Å². The molecular formula is C14H12Cl2N2O7. The maximum atomic E-state index is 11.8. The summed E-state index contributed by atoms with van der Waals surface area (Å²) in [5.41, 5.74) is -0.577. The third-order valence-electron chi connectivity index (χ3n) is 2.92. The number of carbonyl (C=O) groups excluding carboxylic acids is 4. The highest BCUT2D eigenvalue weighted by Crippen LogP contribution is 2.34. The standard InChI is InChI=1S/C14H12Cl2N2O7/c1-25-12(21)3-2-8(19)6-11(20)14(22)17-13-9(15)4-7(18(23)24)5-10(13)16/h4-5H,2-3,6H2,1H3,(H,17,22). The van der Waals surface area contributed by atoms with E-state index in [2.05, 4.69) is 10.1 Å². The van der Waals surface area contributed by atoms with Gasteiger partial charge in [-0.05, 0) is 0 Å². The zero-order valence-corrected chi connectivity index (χ0v) is 14.3. The molecule has 1 rings (SSSR count). The summed E-state index contributed by atoms with van der Waals surface area (Å²) in [4.78, 5) is 55.9. The number of ether oxygens (including phenoxy) is 1. The molecule has 0 fully saturated rings. The number of nitrogens with one attached hydrogen (secondary N) is 1. The molecule has 0 aliphatic rings. The summed E-state index contributed by atoms with van der Waals surface area (Å²) < 4.78 is 4.35. The minimum absolute atomic E-state index is 0.186. The maximum absolute atomic E-state index is 11.8. The van der Waals surface area contributed by atoms with Gasteiger partial charge < -0.3 is 10.1 Å². The molecule has 1 aromatic rings. The smallest absolute Gasteiger partial charge is 0.305 e. The number of esters is 1. The highest BCUT2D eigenvalue weighted by Gasteiger charge is 2.22. The lowest BCUT2D eigenvalue weighted by Gasteiger charge is -2.08. The second kappa shape index (κ2) is 9.09. The molecule has 0 saturated heterocycles. The van der Waals surface area contributed by atoms with Crippen molar-refractivity contribution in [3.05, 3.63) is 32.3 Å². The second-order valence-electron chi connectivity index (χ2n) is 4.71. The van der Waals surface area contributed by atoms with Crippen molar-refractivity contribution >= 4 is 58.0 Å². The molecule has 0 aromatic heterocycles. The topological polar surface area (TPSA) is 133 Å². The van der Waals surface area contributed by atoms with Crippen LogP contribution in [0.3, 0.4) is 0 Å². The van der Waals surface area contributed by atoms with Gasteiger partial charge in [0.2, 0.25) is 5.78 Å². The normalized spacial score (nSPS) is 10.0. The molecule has 0 aliphatic heterocycles. The second-order valence-corrected chi connectivity index (χ2v) is 5.52. The molecule has 0 saturated carbocycles. The SMILES string of the molecule is COC(=O)CCC(=O)CC(=O)C(=O)Nc1c(Cl)cc([N+](=O)[O-])cc1Cl. The number of halogens is 2. The summed E-state index contributed by atoms with van der Waals surface area (Å²) >= 11 is 11.6. The fraction of sp³-hybridized carbons (Fsp3) is 0.286. The van der Waals surface area contributed by atoms with Crippen LogP contribution < -0.4 is 5.32 Å². The predicted molar refractivity (Wildman–Crippen MR) is 87.6 cm³/mol. The molecule has 1 N–H and O–H groups in total. The van der Waals surface area contributed by atoms with Gasteiger partial charge in [0, 0.05) is 18.6 Å². The molecule has 0 heterocycles.